The normalized spacial score (nSPS) is 12.4. The van der Waals surface area contributed by atoms with Crippen molar-refractivity contribution in [3.63, 3.8) is 0 Å². The summed E-state index contributed by atoms with van der Waals surface area (Å²) in [6, 6.07) is 7.41. The van der Waals surface area contributed by atoms with Crippen LogP contribution < -0.4 is 4.72 Å². The van der Waals surface area contributed by atoms with E-state index in [0.29, 0.717) is 4.90 Å². The minimum absolute atomic E-state index is 0.361. The third-order valence-electron chi connectivity index (χ3n) is 3.66. The first-order valence-electron chi connectivity index (χ1n) is 7.16. The topological polar surface area (TPSA) is 59.1 Å². The van der Waals surface area contributed by atoms with E-state index in [0.717, 1.165) is 22.3 Å². The smallest absolute Gasteiger partial charge is 0.241 e. The van der Waals surface area contributed by atoms with Crippen LogP contribution in [0.25, 0.3) is 0 Å². The van der Waals surface area contributed by atoms with Crippen molar-refractivity contribution < 1.29 is 8.42 Å². The maximum absolute atomic E-state index is 12.8. The lowest BCUT2D eigenvalue weighted by molar-refractivity contribution is 0.471. The molecule has 0 aliphatic carbocycles. The van der Waals surface area contributed by atoms with E-state index in [1.807, 2.05) is 58.9 Å². The SMILES string of the molecule is Cc1cc(C)c(S(=O)(=O)NC(C)(C)c2ccncc2)c(C)c1. The summed E-state index contributed by atoms with van der Waals surface area (Å²) < 4.78 is 28.5. The van der Waals surface area contributed by atoms with Crippen LogP contribution in [-0.4, -0.2) is 13.4 Å². The molecule has 1 N–H and O–H groups in total. The minimum atomic E-state index is -3.61. The molecule has 0 saturated heterocycles. The lowest BCUT2D eigenvalue weighted by atomic mass is 9.97. The third kappa shape index (κ3) is 3.36. The van der Waals surface area contributed by atoms with E-state index in [9.17, 15) is 8.42 Å². The summed E-state index contributed by atoms with van der Waals surface area (Å²) in [5, 5.41) is 0. The predicted molar refractivity (Wildman–Crippen MR) is 88.2 cm³/mol. The zero-order chi connectivity index (χ0) is 16.5. The Bertz CT molecular complexity index is 759. The molecule has 0 spiro atoms. The summed E-state index contributed by atoms with van der Waals surface area (Å²) >= 11 is 0. The second kappa shape index (κ2) is 5.82. The van der Waals surface area contributed by atoms with Gasteiger partial charge in [-0.3, -0.25) is 4.98 Å². The number of sulfonamides is 1. The van der Waals surface area contributed by atoms with Gasteiger partial charge in [-0.25, -0.2) is 13.1 Å². The summed E-state index contributed by atoms with van der Waals surface area (Å²) in [5.74, 6) is 0. The van der Waals surface area contributed by atoms with Crippen LogP contribution in [0.15, 0.2) is 41.6 Å². The van der Waals surface area contributed by atoms with Gasteiger partial charge in [-0.15, -0.1) is 0 Å². The Morgan fingerprint density at radius 1 is 1.00 bits per heavy atom. The molecule has 0 saturated carbocycles. The lowest BCUT2D eigenvalue weighted by Crippen LogP contribution is -2.41. The lowest BCUT2D eigenvalue weighted by Gasteiger charge is -2.27. The highest BCUT2D eigenvalue weighted by Crippen LogP contribution is 2.26. The van der Waals surface area contributed by atoms with Gasteiger partial charge in [0, 0.05) is 12.4 Å². The van der Waals surface area contributed by atoms with Crippen molar-refractivity contribution in [1.29, 1.82) is 0 Å². The highest BCUT2D eigenvalue weighted by atomic mass is 32.2. The quantitative estimate of drug-likeness (QED) is 0.941. The molecule has 0 bridgehead atoms. The fourth-order valence-electron chi connectivity index (χ4n) is 2.81. The van der Waals surface area contributed by atoms with E-state index in [1.54, 1.807) is 12.4 Å². The van der Waals surface area contributed by atoms with Gasteiger partial charge in [0.05, 0.1) is 10.4 Å². The van der Waals surface area contributed by atoms with Gasteiger partial charge in [-0.1, -0.05) is 17.7 Å². The van der Waals surface area contributed by atoms with Crippen LogP contribution in [0.5, 0.6) is 0 Å². The van der Waals surface area contributed by atoms with Crippen molar-refractivity contribution in [2.24, 2.45) is 0 Å². The van der Waals surface area contributed by atoms with Crippen LogP contribution in [0, 0.1) is 20.8 Å². The molecule has 0 amide bonds. The first-order valence-corrected chi connectivity index (χ1v) is 8.64. The molecule has 0 aliphatic rings. The summed E-state index contributed by atoms with van der Waals surface area (Å²) in [7, 11) is -3.61. The van der Waals surface area contributed by atoms with E-state index in [-0.39, 0.29) is 0 Å². The minimum Gasteiger partial charge on any atom is -0.265 e. The molecule has 5 heteroatoms. The van der Waals surface area contributed by atoms with Crippen molar-refractivity contribution >= 4 is 10.0 Å². The monoisotopic (exact) mass is 318 g/mol. The fraction of sp³-hybridized carbons (Fsp3) is 0.353. The maximum Gasteiger partial charge on any atom is 0.241 e. The molecule has 4 nitrogen and oxygen atoms in total. The molecule has 1 aromatic carbocycles. The average Bonchev–Trinajstić information content (AvgIpc) is 2.36. The molecule has 0 aliphatic heterocycles. The van der Waals surface area contributed by atoms with Gasteiger partial charge in [0.25, 0.3) is 0 Å². The molecule has 0 atom stereocenters. The summed E-state index contributed by atoms with van der Waals surface area (Å²) in [5.41, 5.74) is 2.73. The van der Waals surface area contributed by atoms with Crippen LogP contribution in [0.1, 0.15) is 36.1 Å². The number of benzene rings is 1. The zero-order valence-electron chi connectivity index (χ0n) is 13.6. The first kappa shape index (κ1) is 16.6. The molecule has 1 aromatic heterocycles. The largest absolute Gasteiger partial charge is 0.265 e. The first-order chi connectivity index (χ1) is 10.1. The number of pyridine rings is 1. The standard InChI is InChI=1S/C17H22N2O2S/c1-12-10-13(2)16(14(3)11-12)22(20,21)19-17(4,5)15-6-8-18-9-7-15/h6-11,19H,1-5H3. The number of nitrogens with one attached hydrogen (secondary N) is 1. The Labute approximate surface area is 132 Å². The van der Waals surface area contributed by atoms with Gasteiger partial charge in [0.1, 0.15) is 0 Å². The van der Waals surface area contributed by atoms with Gasteiger partial charge in [0.15, 0.2) is 0 Å². The van der Waals surface area contributed by atoms with Crippen molar-refractivity contribution in [1.82, 2.24) is 9.71 Å². The Morgan fingerprint density at radius 3 is 2.00 bits per heavy atom. The van der Waals surface area contributed by atoms with Crippen molar-refractivity contribution in [3.8, 4) is 0 Å². The maximum atomic E-state index is 12.8. The number of hydrogen-bond donors (Lipinski definition) is 1. The number of hydrogen-bond acceptors (Lipinski definition) is 3. The predicted octanol–water partition coefficient (Wildman–Crippen LogP) is 3.22. The molecule has 118 valence electrons. The Morgan fingerprint density at radius 2 is 1.50 bits per heavy atom. The van der Waals surface area contributed by atoms with Gasteiger partial charge in [0.2, 0.25) is 10.0 Å². The number of aromatic nitrogens is 1. The molecule has 0 fully saturated rings. The van der Waals surface area contributed by atoms with Crippen molar-refractivity contribution in [2.45, 2.75) is 45.1 Å². The van der Waals surface area contributed by atoms with E-state index in [2.05, 4.69) is 9.71 Å². The van der Waals surface area contributed by atoms with Crippen LogP contribution in [0.2, 0.25) is 0 Å². The molecular formula is C17H22N2O2S. The summed E-state index contributed by atoms with van der Waals surface area (Å²) in [4.78, 5) is 4.34. The summed E-state index contributed by atoms with van der Waals surface area (Å²) in [6.45, 7) is 9.31. The van der Waals surface area contributed by atoms with Crippen LogP contribution in [-0.2, 0) is 15.6 Å². The molecule has 2 aromatic rings. The van der Waals surface area contributed by atoms with Crippen molar-refractivity contribution in [3.05, 3.63) is 58.9 Å². The Balaban J connectivity index is 2.45. The second-order valence-corrected chi connectivity index (χ2v) is 7.81. The van der Waals surface area contributed by atoms with Crippen LogP contribution >= 0.6 is 0 Å². The number of aryl methyl sites for hydroxylation is 3. The second-order valence-electron chi connectivity index (χ2n) is 6.19. The molecule has 0 radical (unpaired) electrons. The number of nitrogens with zero attached hydrogens (tertiary/aromatic N) is 1. The molecule has 22 heavy (non-hydrogen) atoms. The zero-order valence-corrected chi connectivity index (χ0v) is 14.5. The fourth-order valence-corrected chi connectivity index (χ4v) is 4.66. The van der Waals surface area contributed by atoms with Gasteiger partial charge >= 0.3 is 0 Å². The van der Waals surface area contributed by atoms with E-state index in [1.165, 1.54) is 0 Å². The van der Waals surface area contributed by atoms with E-state index in [4.69, 9.17) is 0 Å². The highest BCUT2D eigenvalue weighted by Gasteiger charge is 2.29. The van der Waals surface area contributed by atoms with E-state index < -0.39 is 15.6 Å². The van der Waals surface area contributed by atoms with Gasteiger partial charge in [-0.2, -0.15) is 0 Å². The Kier molecular flexibility index (Phi) is 4.40. The van der Waals surface area contributed by atoms with Crippen LogP contribution in [0.3, 0.4) is 0 Å². The third-order valence-corrected chi connectivity index (χ3v) is 5.63. The molecule has 0 unspecified atom stereocenters. The van der Waals surface area contributed by atoms with Crippen molar-refractivity contribution in [2.75, 3.05) is 0 Å². The number of rotatable bonds is 4. The van der Waals surface area contributed by atoms with Crippen LogP contribution in [0.4, 0.5) is 0 Å². The van der Waals surface area contributed by atoms with Gasteiger partial charge < -0.3 is 0 Å². The molecule has 1 heterocycles. The molecule has 2 rings (SSSR count). The average molecular weight is 318 g/mol. The van der Waals surface area contributed by atoms with E-state index >= 15 is 0 Å². The Hall–Kier alpha value is -1.72. The highest BCUT2D eigenvalue weighted by molar-refractivity contribution is 7.89. The molecular weight excluding hydrogens is 296 g/mol. The summed E-state index contributed by atoms with van der Waals surface area (Å²) in [6.07, 6.45) is 3.32. The van der Waals surface area contributed by atoms with Gasteiger partial charge in [-0.05, 0) is 63.4 Å².